The molecular formula is C17H13BrF2N6O. The lowest BCUT2D eigenvalue weighted by Gasteiger charge is -2.10. The van der Waals surface area contributed by atoms with Gasteiger partial charge in [0, 0.05) is 0 Å². The van der Waals surface area contributed by atoms with Gasteiger partial charge in [-0.1, -0.05) is 18.2 Å². The predicted molar refractivity (Wildman–Crippen MR) is 96.5 cm³/mol. The average Bonchev–Trinajstić information content (AvgIpc) is 3.18. The molecular weight excluding hydrogens is 422 g/mol. The lowest BCUT2D eigenvalue weighted by atomic mass is 10.3. The molecule has 0 bridgehead atoms. The van der Waals surface area contributed by atoms with Crippen LogP contribution in [0.4, 0.5) is 14.6 Å². The fourth-order valence-electron chi connectivity index (χ4n) is 2.46. The van der Waals surface area contributed by atoms with Crippen molar-refractivity contribution in [2.24, 2.45) is 0 Å². The highest BCUT2D eigenvalue weighted by Gasteiger charge is 2.22. The van der Waals surface area contributed by atoms with Gasteiger partial charge < -0.3 is 5.32 Å². The van der Waals surface area contributed by atoms with E-state index in [1.165, 1.54) is 15.6 Å². The third-order valence-corrected chi connectivity index (χ3v) is 4.79. The molecule has 0 unspecified atom stereocenters. The molecule has 0 aliphatic carbocycles. The van der Waals surface area contributed by atoms with Crippen LogP contribution in [0.5, 0.6) is 0 Å². The van der Waals surface area contributed by atoms with Crippen molar-refractivity contribution in [2.45, 2.75) is 19.9 Å². The van der Waals surface area contributed by atoms with Gasteiger partial charge in [0.05, 0.1) is 22.1 Å². The molecule has 1 N–H and O–H groups in total. The van der Waals surface area contributed by atoms with Crippen molar-refractivity contribution in [3.05, 3.63) is 58.0 Å². The second-order valence-corrected chi connectivity index (χ2v) is 6.35. The highest BCUT2D eigenvalue weighted by molar-refractivity contribution is 9.10. The lowest BCUT2D eigenvalue weighted by molar-refractivity contribution is -0.117. The number of nitrogens with zero attached hydrogens (tertiary/aromatic N) is 5. The van der Waals surface area contributed by atoms with Crippen molar-refractivity contribution >= 4 is 27.7 Å². The minimum absolute atomic E-state index is 0.164. The first kappa shape index (κ1) is 18.7. The van der Waals surface area contributed by atoms with Crippen LogP contribution in [0.3, 0.4) is 0 Å². The Morgan fingerprint density at radius 2 is 2.07 bits per heavy atom. The molecule has 1 aromatic carbocycles. The summed E-state index contributed by atoms with van der Waals surface area (Å²) in [5.41, 5.74) is 0.816. The Labute approximate surface area is 161 Å². The van der Waals surface area contributed by atoms with E-state index in [9.17, 15) is 18.8 Å². The molecule has 27 heavy (non-hydrogen) atoms. The van der Waals surface area contributed by atoms with Crippen LogP contribution in [0.15, 0.2) is 41.0 Å². The van der Waals surface area contributed by atoms with Gasteiger partial charge in [0.25, 0.3) is 6.43 Å². The Balaban J connectivity index is 1.86. The van der Waals surface area contributed by atoms with Crippen molar-refractivity contribution < 1.29 is 13.6 Å². The Bertz CT molecular complexity index is 1020. The maximum atomic E-state index is 12.9. The summed E-state index contributed by atoms with van der Waals surface area (Å²) in [6.45, 7) is 1.28. The maximum Gasteiger partial charge on any atom is 0.283 e. The summed E-state index contributed by atoms with van der Waals surface area (Å²) in [6.07, 6.45) is -1.42. The molecule has 3 rings (SSSR count). The largest absolute Gasteiger partial charge is 0.308 e. The van der Waals surface area contributed by atoms with Crippen molar-refractivity contribution in [1.82, 2.24) is 19.6 Å². The van der Waals surface area contributed by atoms with Gasteiger partial charge in [-0.15, -0.1) is 0 Å². The summed E-state index contributed by atoms with van der Waals surface area (Å²) >= 11 is 3.06. The molecule has 0 fully saturated rings. The number of benzene rings is 1. The summed E-state index contributed by atoms with van der Waals surface area (Å²) in [4.78, 5) is 12.4. The summed E-state index contributed by atoms with van der Waals surface area (Å²) in [6, 6.07) is 10.9. The Hall–Kier alpha value is -3.06. The molecule has 0 radical (unpaired) electrons. The van der Waals surface area contributed by atoms with E-state index in [1.807, 2.05) is 12.1 Å². The molecule has 10 heteroatoms. The topological polar surface area (TPSA) is 88.5 Å². The smallest absolute Gasteiger partial charge is 0.283 e. The second-order valence-electron chi connectivity index (χ2n) is 5.56. The molecule has 0 aliphatic rings. The zero-order valence-corrected chi connectivity index (χ0v) is 15.6. The maximum absolute atomic E-state index is 12.9. The summed E-state index contributed by atoms with van der Waals surface area (Å²) < 4.78 is 28.7. The van der Waals surface area contributed by atoms with Crippen LogP contribution < -0.4 is 5.32 Å². The van der Waals surface area contributed by atoms with Gasteiger partial charge in [0.15, 0.2) is 5.82 Å². The van der Waals surface area contributed by atoms with Crippen LogP contribution in [-0.2, 0) is 11.3 Å². The highest BCUT2D eigenvalue weighted by atomic mass is 79.9. The fourth-order valence-corrected chi connectivity index (χ4v) is 2.92. The van der Waals surface area contributed by atoms with Gasteiger partial charge in [0.1, 0.15) is 23.9 Å². The Morgan fingerprint density at radius 3 is 2.67 bits per heavy atom. The van der Waals surface area contributed by atoms with E-state index in [4.69, 9.17) is 0 Å². The van der Waals surface area contributed by atoms with E-state index < -0.39 is 18.0 Å². The number of carbonyl (C=O) groups is 1. The summed E-state index contributed by atoms with van der Waals surface area (Å²) in [5.74, 6) is -0.324. The molecule has 0 saturated heterocycles. The molecule has 2 aromatic heterocycles. The normalized spacial score (nSPS) is 10.8. The van der Waals surface area contributed by atoms with Gasteiger partial charge >= 0.3 is 0 Å². The molecule has 3 aromatic rings. The SMILES string of the molecule is Cc1c(Br)c(C(F)F)nn1CC(=O)Nc1c(C#N)cnn1-c1ccccc1. The van der Waals surface area contributed by atoms with Crippen molar-refractivity contribution in [2.75, 3.05) is 5.32 Å². The van der Waals surface area contributed by atoms with E-state index in [-0.39, 0.29) is 22.4 Å². The van der Waals surface area contributed by atoms with Crippen LogP contribution in [0, 0.1) is 18.3 Å². The number of aromatic nitrogens is 4. The quantitative estimate of drug-likeness (QED) is 0.664. The molecule has 0 aliphatic heterocycles. The number of nitrogens with one attached hydrogen (secondary N) is 1. The number of carbonyl (C=O) groups excluding carboxylic acids is 1. The number of hydrogen-bond acceptors (Lipinski definition) is 4. The minimum atomic E-state index is -2.76. The standard InChI is InChI=1S/C17H13BrF2N6O/c1-10-14(18)15(16(19)20)24-25(10)9-13(27)23-17-11(7-21)8-22-26(17)12-5-3-2-4-6-12/h2-6,8,16H,9H2,1H3,(H,23,27). The zero-order valence-electron chi connectivity index (χ0n) is 14.0. The number of rotatable bonds is 5. The molecule has 0 spiro atoms. The molecule has 7 nitrogen and oxygen atoms in total. The number of para-hydroxylation sites is 1. The van der Waals surface area contributed by atoms with Crippen molar-refractivity contribution in [3.63, 3.8) is 0 Å². The molecule has 0 atom stereocenters. The zero-order chi connectivity index (χ0) is 19.6. The van der Waals surface area contributed by atoms with E-state index in [1.54, 1.807) is 31.2 Å². The lowest BCUT2D eigenvalue weighted by Crippen LogP contribution is -2.22. The Morgan fingerprint density at radius 1 is 1.37 bits per heavy atom. The monoisotopic (exact) mass is 434 g/mol. The molecule has 1 amide bonds. The first-order valence-electron chi connectivity index (χ1n) is 7.76. The van der Waals surface area contributed by atoms with Crippen LogP contribution in [0.2, 0.25) is 0 Å². The van der Waals surface area contributed by atoms with Gasteiger partial charge in [-0.3, -0.25) is 9.48 Å². The van der Waals surface area contributed by atoms with E-state index in [2.05, 4.69) is 31.4 Å². The number of hydrogen-bond donors (Lipinski definition) is 1. The first-order chi connectivity index (χ1) is 12.9. The van der Waals surface area contributed by atoms with Crippen LogP contribution in [0.25, 0.3) is 5.69 Å². The van der Waals surface area contributed by atoms with Gasteiger partial charge in [-0.05, 0) is 35.0 Å². The van der Waals surface area contributed by atoms with Crippen LogP contribution in [-0.4, -0.2) is 25.5 Å². The van der Waals surface area contributed by atoms with Crippen LogP contribution in [0.1, 0.15) is 23.4 Å². The van der Waals surface area contributed by atoms with Crippen molar-refractivity contribution in [3.8, 4) is 11.8 Å². The van der Waals surface area contributed by atoms with Gasteiger partial charge in [-0.25, -0.2) is 13.5 Å². The second kappa shape index (κ2) is 7.67. The van der Waals surface area contributed by atoms with Gasteiger partial charge in [0.2, 0.25) is 5.91 Å². The fraction of sp³-hybridized carbons (Fsp3) is 0.176. The highest BCUT2D eigenvalue weighted by Crippen LogP contribution is 2.29. The average molecular weight is 435 g/mol. The number of alkyl halides is 2. The summed E-state index contributed by atoms with van der Waals surface area (Å²) in [5, 5.41) is 19.8. The summed E-state index contributed by atoms with van der Waals surface area (Å²) in [7, 11) is 0. The van der Waals surface area contributed by atoms with Crippen molar-refractivity contribution in [1.29, 1.82) is 5.26 Å². The predicted octanol–water partition coefficient (Wildman–Crippen LogP) is 3.59. The minimum Gasteiger partial charge on any atom is -0.308 e. The number of amides is 1. The number of anilines is 1. The number of nitriles is 1. The molecule has 0 saturated carbocycles. The third-order valence-electron chi connectivity index (χ3n) is 3.81. The van der Waals surface area contributed by atoms with E-state index in [0.29, 0.717) is 11.4 Å². The molecule has 2 heterocycles. The van der Waals surface area contributed by atoms with Gasteiger partial charge in [-0.2, -0.15) is 15.5 Å². The molecule has 138 valence electrons. The van der Waals surface area contributed by atoms with E-state index >= 15 is 0 Å². The van der Waals surface area contributed by atoms with Crippen LogP contribution >= 0.6 is 15.9 Å². The van der Waals surface area contributed by atoms with E-state index in [0.717, 1.165) is 0 Å². The first-order valence-corrected chi connectivity index (χ1v) is 8.56. The number of halogens is 3. The Kier molecular flexibility index (Phi) is 5.32. The third kappa shape index (κ3) is 3.73.